The Morgan fingerprint density at radius 3 is 2.43 bits per heavy atom. The van der Waals surface area contributed by atoms with E-state index in [0.29, 0.717) is 5.56 Å². The third-order valence-electron chi connectivity index (χ3n) is 3.97. The molecule has 1 amide bonds. The molecule has 118 valence electrons. The molecule has 0 saturated carbocycles. The molecule has 3 rings (SSSR count). The smallest absolute Gasteiger partial charge is 0.251 e. The molecule has 0 spiro atoms. The number of fused-ring (bicyclic) bond motifs is 1. The Morgan fingerprint density at radius 2 is 1.78 bits per heavy atom. The van der Waals surface area contributed by atoms with Crippen molar-refractivity contribution in [1.29, 1.82) is 0 Å². The van der Waals surface area contributed by atoms with Crippen LogP contribution < -0.4 is 5.32 Å². The van der Waals surface area contributed by atoms with E-state index in [4.69, 9.17) is 0 Å². The monoisotopic (exact) mass is 307 g/mol. The first-order valence-corrected chi connectivity index (χ1v) is 7.87. The normalized spacial score (nSPS) is 12.5. The molecule has 0 aliphatic rings. The highest BCUT2D eigenvalue weighted by Gasteiger charge is 2.22. The molecule has 2 aromatic carbocycles. The van der Waals surface area contributed by atoms with Gasteiger partial charge in [0.25, 0.3) is 5.91 Å². The minimum absolute atomic E-state index is 0.0795. The van der Waals surface area contributed by atoms with Crippen LogP contribution in [-0.4, -0.2) is 15.9 Å². The van der Waals surface area contributed by atoms with Gasteiger partial charge in [-0.15, -0.1) is 0 Å². The second-order valence-corrected chi connectivity index (χ2v) is 6.20. The number of imidazole rings is 1. The molecule has 1 atom stereocenters. The van der Waals surface area contributed by atoms with Crippen molar-refractivity contribution in [2.75, 3.05) is 0 Å². The van der Waals surface area contributed by atoms with Crippen LogP contribution in [0.25, 0.3) is 11.0 Å². The number of nitrogens with zero attached hydrogens (tertiary/aromatic N) is 1. The average molecular weight is 307 g/mol. The summed E-state index contributed by atoms with van der Waals surface area (Å²) in [4.78, 5) is 20.4. The fourth-order valence-electron chi connectivity index (χ4n) is 2.60. The van der Waals surface area contributed by atoms with Gasteiger partial charge < -0.3 is 10.3 Å². The predicted molar refractivity (Wildman–Crippen MR) is 92.3 cm³/mol. The maximum Gasteiger partial charge on any atom is 0.251 e. The third-order valence-corrected chi connectivity index (χ3v) is 3.97. The lowest BCUT2D eigenvalue weighted by Gasteiger charge is -2.20. The molecule has 0 aliphatic heterocycles. The molecule has 1 aromatic heterocycles. The van der Waals surface area contributed by atoms with Gasteiger partial charge in [0.15, 0.2) is 0 Å². The average Bonchev–Trinajstić information content (AvgIpc) is 2.96. The van der Waals surface area contributed by atoms with Crippen molar-refractivity contribution < 1.29 is 4.79 Å². The van der Waals surface area contributed by atoms with Crippen LogP contribution in [0.4, 0.5) is 0 Å². The van der Waals surface area contributed by atoms with Crippen LogP contribution in [0.15, 0.2) is 48.5 Å². The van der Waals surface area contributed by atoms with Crippen LogP contribution in [0.5, 0.6) is 0 Å². The molecule has 0 saturated heterocycles. The van der Waals surface area contributed by atoms with Crippen molar-refractivity contribution in [3.05, 3.63) is 65.5 Å². The molecule has 4 heteroatoms. The molecule has 0 bridgehead atoms. The number of aromatic nitrogens is 2. The van der Waals surface area contributed by atoms with Gasteiger partial charge in [0.05, 0.1) is 17.1 Å². The number of carbonyl (C=O) groups is 1. The lowest BCUT2D eigenvalue weighted by molar-refractivity contribution is 0.0923. The maximum atomic E-state index is 12.5. The van der Waals surface area contributed by atoms with Crippen molar-refractivity contribution in [2.45, 2.75) is 26.8 Å². The molecule has 4 nitrogen and oxygen atoms in total. The molecule has 0 aliphatic carbocycles. The zero-order valence-electron chi connectivity index (χ0n) is 13.6. The Bertz CT molecular complexity index is 785. The predicted octanol–water partition coefficient (Wildman–Crippen LogP) is 4.00. The van der Waals surface area contributed by atoms with E-state index in [1.807, 2.05) is 55.5 Å². The number of aromatic amines is 1. The van der Waals surface area contributed by atoms with Gasteiger partial charge in [-0.25, -0.2) is 4.98 Å². The quantitative estimate of drug-likeness (QED) is 0.765. The van der Waals surface area contributed by atoms with Gasteiger partial charge in [-0.3, -0.25) is 4.79 Å². The minimum atomic E-state index is -0.156. The number of carbonyl (C=O) groups excluding carboxylic acids is 1. The van der Waals surface area contributed by atoms with Crippen molar-refractivity contribution in [2.24, 2.45) is 5.92 Å². The van der Waals surface area contributed by atoms with Gasteiger partial charge in [0.1, 0.15) is 5.82 Å². The first kappa shape index (κ1) is 15.3. The standard InChI is InChI=1S/C19H21N3O/c1-12(2)17(18-20-15-6-4-5-7-16(15)21-18)22-19(23)14-10-8-13(3)9-11-14/h4-12,17H,1-3H3,(H,20,21)(H,22,23)/t17-/m1/s1. The van der Waals surface area contributed by atoms with E-state index < -0.39 is 0 Å². The highest BCUT2D eigenvalue weighted by molar-refractivity contribution is 5.94. The van der Waals surface area contributed by atoms with Crippen LogP contribution in [-0.2, 0) is 0 Å². The van der Waals surface area contributed by atoms with Crippen molar-refractivity contribution in [3.8, 4) is 0 Å². The molecule has 23 heavy (non-hydrogen) atoms. The SMILES string of the molecule is Cc1ccc(C(=O)N[C@@H](c2nc3ccccc3[nH]2)C(C)C)cc1. The minimum Gasteiger partial charge on any atom is -0.342 e. The van der Waals surface area contributed by atoms with Gasteiger partial charge in [-0.1, -0.05) is 43.7 Å². The van der Waals surface area contributed by atoms with E-state index in [1.165, 1.54) is 0 Å². The van der Waals surface area contributed by atoms with Crippen LogP contribution >= 0.6 is 0 Å². The van der Waals surface area contributed by atoms with Crippen LogP contribution in [0.1, 0.15) is 41.6 Å². The molecular weight excluding hydrogens is 286 g/mol. The van der Waals surface area contributed by atoms with Crippen LogP contribution in [0.2, 0.25) is 0 Å². The van der Waals surface area contributed by atoms with Crippen molar-refractivity contribution in [1.82, 2.24) is 15.3 Å². The summed E-state index contributed by atoms with van der Waals surface area (Å²) in [5, 5.41) is 3.10. The Kier molecular flexibility index (Phi) is 4.15. The lowest BCUT2D eigenvalue weighted by Crippen LogP contribution is -2.32. The van der Waals surface area contributed by atoms with Gasteiger partial charge >= 0.3 is 0 Å². The van der Waals surface area contributed by atoms with Gasteiger partial charge in [0.2, 0.25) is 0 Å². The topological polar surface area (TPSA) is 57.8 Å². The number of hydrogen-bond donors (Lipinski definition) is 2. The molecule has 2 N–H and O–H groups in total. The third kappa shape index (κ3) is 3.26. The Balaban J connectivity index is 1.86. The molecule has 1 heterocycles. The number of rotatable bonds is 4. The summed E-state index contributed by atoms with van der Waals surface area (Å²) in [5.41, 5.74) is 3.70. The highest BCUT2D eigenvalue weighted by Crippen LogP contribution is 2.22. The Labute approximate surface area is 136 Å². The molecule has 0 fully saturated rings. The largest absolute Gasteiger partial charge is 0.342 e. The molecular formula is C19H21N3O. The maximum absolute atomic E-state index is 12.5. The molecule has 3 aromatic rings. The van der Waals surface area contributed by atoms with Gasteiger partial charge in [-0.05, 0) is 37.1 Å². The summed E-state index contributed by atoms with van der Waals surface area (Å²) < 4.78 is 0. The number of benzene rings is 2. The number of para-hydroxylation sites is 2. The lowest BCUT2D eigenvalue weighted by atomic mass is 10.0. The summed E-state index contributed by atoms with van der Waals surface area (Å²) in [6.07, 6.45) is 0. The number of H-pyrrole nitrogens is 1. The fourth-order valence-corrected chi connectivity index (χ4v) is 2.60. The number of amides is 1. The van der Waals surface area contributed by atoms with E-state index in [0.717, 1.165) is 22.4 Å². The number of hydrogen-bond acceptors (Lipinski definition) is 2. The first-order valence-electron chi connectivity index (χ1n) is 7.87. The summed E-state index contributed by atoms with van der Waals surface area (Å²) in [6.45, 7) is 6.16. The number of nitrogens with one attached hydrogen (secondary N) is 2. The van der Waals surface area contributed by atoms with E-state index in [2.05, 4.69) is 29.1 Å². The first-order chi connectivity index (χ1) is 11.0. The number of aryl methyl sites for hydroxylation is 1. The van der Waals surface area contributed by atoms with Gasteiger partial charge in [-0.2, -0.15) is 0 Å². The summed E-state index contributed by atoms with van der Waals surface area (Å²) >= 11 is 0. The van der Waals surface area contributed by atoms with Crippen LogP contribution in [0.3, 0.4) is 0 Å². The van der Waals surface area contributed by atoms with Crippen LogP contribution in [0, 0.1) is 12.8 Å². The fraction of sp³-hybridized carbons (Fsp3) is 0.263. The Morgan fingerprint density at radius 1 is 1.09 bits per heavy atom. The van der Waals surface area contributed by atoms with Crippen molar-refractivity contribution >= 4 is 16.9 Å². The molecule has 0 unspecified atom stereocenters. The zero-order chi connectivity index (χ0) is 16.4. The second-order valence-electron chi connectivity index (χ2n) is 6.20. The summed E-state index contributed by atoms with van der Waals surface area (Å²) in [5.74, 6) is 0.941. The van der Waals surface area contributed by atoms with E-state index in [1.54, 1.807) is 0 Å². The van der Waals surface area contributed by atoms with Gasteiger partial charge in [0, 0.05) is 5.56 Å². The van der Waals surface area contributed by atoms with E-state index >= 15 is 0 Å². The second kappa shape index (κ2) is 6.24. The zero-order valence-corrected chi connectivity index (χ0v) is 13.6. The Hall–Kier alpha value is -2.62. The highest BCUT2D eigenvalue weighted by atomic mass is 16.1. The molecule has 0 radical (unpaired) electrons. The van der Waals surface area contributed by atoms with E-state index in [-0.39, 0.29) is 17.9 Å². The summed E-state index contributed by atoms with van der Waals surface area (Å²) in [6, 6.07) is 15.3. The van der Waals surface area contributed by atoms with E-state index in [9.17, 15) is 4.79 Å². The van der Waals surface area contributed by atoms with Crippen molar-refractivity contribution in [3.63, 3.8) is 0 Å². The summed E-state index contributed by atoms with van der Waals surface area (Å²) in [7, 11) is 0.